The number of carboxylic acids is 1. The summed E-state index contributed by atoms with van der Waals surface area (Å²) in [4.78, 5) is 22.8. The Morgan fingerprint density at radius 1 is 1.56 bits per heavy atom. The third kappa shape index (κ3) is 5.84. The van der Waals surface area contributed by atoms with E-state index in [1.54, 1.807) is 19.1 Å². The molecule has 0 aliphatic heterocycles. The Kier molecular flexibility index (Phi) is 5.88. The van der Waals surface area contributed by atoms with E-state index in [-0.39, 0.29) is 18.4 Å². The lowest BCUT2D eigenvalue weighted by atomic mass is 10.2. The molecule has 1 atom stereocenters. The molecular formula is C12H14ClNO3S. The smallest absolute Gasteiger partial charge is 0.303 e. The lowest BCUT2D eigenvalue weighted by molar-refractivity contribution is -0.137. The predicted octanol–water partition coefficient (Wildman–Crippen LogP) is 2.78. The molecular weight excluding hydrogens is 274 g/mol. The molecule has 1 aromatic rings. The van der Waals surface area contributed by atoms with Crippen molar-refractivity contribution in [3.8, 4) is 0 Å². The molecule has 0 spiro atoms. The van der Waals surface area contributed by atoms with Gasteiger partial charge in [0, 0.05) is 23.4 Å². The number of rotatable bonds is 6. The lowest BCUT2D eigenvalue weighted by Crippen LogP contribution is -2.31. The summed E-state index contributed by atoms with van der Waals surface area (Å²) in [5, 5.41) is 11.2. The molecule has 1 rings (SSSR count). The maximum absolute atomic E-state index is 11.5. The van der Waals surface area contributed by atoms with Crippen molar-refractivity contribution >= 4 is 40.9 Å². The zero-order chi connectivity index (χ0) is 13.5. The molecule has 0 fully saturated rings. The van der Waals surface area contributed by atoms with E-state index < -0.39 is 5.97 Å². The highest BCUT2D eigenvalue weighted by atomic mass is 35.5. The van der Waals surface area contributed by atoms with Crippen molar-refractivity contribution in [3.05, 3.63) is 27.4 Å². The normalized spacial score (nSPS) is 12.6. The summed E-state index contributed by atoms with van der Waals surface area (Å²) in [6.07, 6.45) is 3.56. The quantitative estimate of drug-likeness (QED) is 0.791. The van der Waals surface area contributed by atoms with Crippen LogP contribution in [0.3, 0.4) is 0 Å². The van der Waals surface area contributed by atoms with Crippen LogP contribution in [0.4, 0.5) is 0 Å². The number of carbonyl (C=O) groups is 2. The van der Waals surface area contributed by atoms with Crippen molar-refractivity contribution in [2.75, 3.05) is 0 Å². The number of thiophene rings is 1. The Bertz CT molecular complexity index is 456. The SMILES string of the molecule is CC(CCC(=O)O)NC(=O)C=Cc1ccc(Cl)s1. The minimum Gasteiger partial charge on any atom is -0.481 e. The molecule has 4 nitrogen and oxygen atoms in total. The van der Waals surface area contributed by atoms with Gasteiger partial charge < -0.3 is 10.4 Å². The van der Waals surface area contributed by atoms with Gasteiger partial charge in [-0.15, -0.1) is 11.3 Å². The fourth-order valence-electron chi connectivity index (χ4n) is 1.28. The van der Waals surface area contributed by atoms with Crippen LogP contribution in [0.1, 0.15) is 24.6 Å². The zero-order valence-corrected chi connectivity index (χ0v) is 11.4. The Hall–Kier alpha value is -1.33. The molecule has 1 heterocycles. The number of hydrogen-bond acceptors (Lipinski definition) is 3. The summed E-state index contributed by atoms with van der Waals surface area (Å²) in [7, 11) is 0. The molecule has 0 aromatic carbocycles. The van der Waals surface area contributed by atoms with Gasteiger partial charge in [-0.05, 0) is 31.6 Å². The molecule has 0 aliphatic carbocycles. The molecule has 6 heteroatoms. The Balaban J connectivity index is 2.37. The largest absolute Gasteiger partial charge is 0.481 e. The molecule has 2 N–H and O–H groups in total. The first-order valence-corrected chi connectivity index (χ1v) is 6.62. The van der Waals surface area contributed by atoms with Crippen molar-refractivity contribution in [1.82, 2.24) is 5.32 Å². The van der Waals surface area contributed by atoms with E-state index >= 15 is 0 Å². The fourth-order valence-corrected chi connectivity index (χ4v) is 2.24. The Labute approximate surface area is 114 Å². The highest BCUT2D eigenvalue weighted by Gasteiger charge is 2.07. The predicted molar refractivity (Wildman–Crippen MR) is 72.8 cm³/mol. The van der Waals surface area contributed by atoms with E-state index in [1.165, 1.54) is 17.4 Å². The van der Waals surface area contributed by atoms with Gasteiger partial charge in [-0.25, -0.2) is 0 Å². The maximum Gasteiger partial charge on any atom is 0.303 e. The van der Waals surface area contributed by atoms with Crippen LogP contribution in [-0.2, 0) is 9.59 Å². The molecule has 0 aliphatic rings. The van der Waals surface area contributed by atoms with Gasteiger partial charge in [0.25, 0.3) is 0 Å². The van der Waals surface area contributed by atoms with Crippen LogP contribution >= 0.6 is 22.9 Å². The summed E-state index contributed by atoms with van der Waals surface area (Å²) < 4.78 is 0.671. The lowest BCUT2D eigenvalue weighted by Gasteiger charge is -2.10. The molecule has 0 radical (unpaired) electrons. The summed E-state index contributed by atoms with van der Waals surface area (Å²) in [6, 6.07) is 3.43. The molecule has 0 saturated carbocycles. The number of carbonyl (C=O) groups excluding carboxylic acids is 1. The van der Waals surface area contributed by atoms with E-state index in [0.29, 0.717) is 10.8 Å². The van der Waals surface area contributed by atoms with E-state index in [4.69, 9.17) is 16.7 Å². The van der Waals surface area contributed by atoms with Gasteiger partial charge in [0.1, 0.15) is 0 Å². The maximum atomic E-state index is 11.5. The van der Waals surface area contributed by atoms with Crippen LogP contribution in [0.2, 0.25) is 4.34 Å². The summed E-state index contributed by atoms with van der Waals surface area (Å²) in [5.41, 5.74) is 0. The summed E-state index contributed by atoms with van der Waals surface area (Å²) in [5.74, 6) is -1.10. The van der Waals surface area contributed by atoms with Crippen LogP contribution < -0.4 is 5.32 Å². The molecule has 1 aromatic heterocycles. The first-order chi connectivity index (χ1) is 8.47. The van der Waals surface area contributed by atoms with Crippen LogP contribution in [-0.4, -0.2) is 23.0 Å². The second kappa shape index (κ2) is 7.18. The molecule has 0 saturated heterocycles. The topological polar surface area (TPSA) is 66.4 Å². The first-order valence-electron chi connectivity index (χ1n) is 5.43. The average Bonchev–Trinajstić information content (AvgIpc) is 2.70. The highest BCUT2D eigenvalue weighted by Crippen LogP contribution is 2.22. The number of nitrogens with one attached hydrogen (secondary N) is 1. The van der Waals surface area contributed by atoms with Crippen molar-refractivity contribution in [1.29, 1.82) is 0 Å². The molecule has 18 heavy (non-hydrogen) atoms. The monoisotopic (exact) mass is 287 g/mol. The van der Waals surface area contributed by atoms with Crippen LogP contribution in [0.5, 0.6) is 0 Å². The van der Waals surface area contributed by atoms with E-state index in [1.807, 2.05) is 6.07 Å². The zero-order valence-electron chi connectivity index (χ0n) is 9.85. The van der Waals surface area contributed by atoms with Gasteiger partial charge in [-0.2, -0.15) is 0 Å². The third-order valence-electron chi connectivity index (χ3n) is 2.17. The van der Waals surface area contributed by atoms with Gasteiger partial charge >= 0.3 is 5.97 Å². The van der Waals surface area contributed by atoms with E-state index in [9.17, 15) is 9.59 Å². The number of amides is 1. The van der Waals surface area contributed by atoms with Crippen LogP contribution in [0.25, 0.3) is 6.08 Å². The molecule has 0 bridgehead atoms. The van der Waals surface area contributed by atoms with Gasteiger partial charge in [0.2, 0.25) is 5.91 Å². The molecule has 98 valence electrons. The molecule has 1 unspecified atom stereocenters. The Morgan fingerprint density at radius 2 is 2.28 bits per heavy atom. The van der Waals surface area contributed by atoms with E-state index in [0.717, 1.165) is 4.88 Å². The van der Waals surface area contributed by atoms with Crippen LogP contribution in [0.15, 0.2) is 18.2 Å². The van der Waals surface area contributed by atoms with Crippen molar-refractivity contribution in [3.63, 3.8) is 0 Å². The third-order valence-corrected chi connectivity index (χ3v) is 3.37. The minimum absolute atomic E-state index is 0.0473. The van der Waals surface area contributed by atoms with Gasteiger partial charge in [-0.1, -0.05) is 11.6 Å². The standard InChI is InChI=1S/C12H14ClNO3S/c1-8(2-7-12(16)17)14-11(15)6-4-9-3-5-10(13)18-9/h3-6,8H,2,7H2,1H3,(H,14,15)(H,16,17). The van der Waals surface area contributed by atoms with Crippen molar-refractivity contribution in [2.45, 2.75) is 25.8 Å². The Morgan fingerprint density at radius 3 is 2.83 bits per heavy atom. The van der Waals surface area contributed by atoms with Gasteiger partial charge in [-0.3, -0.25) is 9.59 Å². The van der Waals surface area contributed by atoms with Gasteiger partial charge in [0.05, 0.1) is 4.34 Å². The average molecular weight is 288 g/mol. The van der Waals surface area contributed by atoms with Gasteiger partial charge in [0.15, 0.2) is 0 Å². The number of carboxylic acid groups (broad SMARTS) is 1. The summed E-state index contributed by atoms with van der Waals surface area (Å²) in [6.45, 7) is 1.77. The second-order valence-electron chi connectivity index (χ2n) is 3.82. The number of aliphatic carboxylic acids is 1. The minimum atomic E-state index is -0.861. The van der Waals surface area contributed by atoms with Crippen molar-refractivity contribution < 1.29 is 14.7 Å². The number of hydrogen-bond donors (Lipinski definition) is 2. The molecule has 1 amide bonds. The second-order valence-corrected chi connectivity index (χ2v) is 5.56. The van der Waals surface area contributed by atoms with E-state index in [2.05, 4.69) is 5.32 Å². The fraction of sp³-hybridized carbons (Fsp3) is 0.333. The highest BCUT2D eigenvalue weighted by molar-refractivity contribution is 7.17. The van der Waals surface area contributed by atoms with Crippen molar-refractivity contribution in [2.24, 2.45) is 0 Å². The number of halogens is 1. The van der Waals surface area contributed by atoms with Crippen LogP contribution in [0, 0.1) is 0 Å². The first kappa shape index (κ1) is 14.7. The summed E-state index contributed by atoms with van der Waals surface area (Å²) >= 11 is 7.14.